The van der Waals surface area contributed by atoms with Gasteiger partial charge in [-0.2, -0.15) is 0 Å². The van der Waals surface area contributed by atoms with Gasteiger partial charge in [0.1, 0.15) is 0 Å². The molecule has 118 valence electrons. The van der Waals surface area contributed by atoms with E-state index in [1.165, 1.54) is 0 Å². The number of hydrogen-bond donors (Lipinski definition) is 3. The van der Waals surface area contributed by atoms with Crippen molar-refractivity contribution in [2.45, 2.75) is 19.4 Å². The molecular weight excluding hydrogens is 314 g/mol. The smallest absolute Gasteiger partial charge is 0.315 e. The van der Waals surface area contributed by atoms with Crippen LogP contribution in [-0.2, 0) is 10.0 Å². The number of amides is 2. The molecule has 0 saturated heterocycles. The van der Waals surface area contributed by atoms with Crippen LogP contribution in [0.3, 0.4) is 0 Å². The van der Waals surface area contributed by atoms with Crippen molar-refractivity contribution in [2.24, 2.45) is 0 Å². The number of sulfonamides is 1. The van der Waals surface area contributed by atoms with Crippen molar-refractivity contribution in [1.29, 1.82) is 0 Å². The number of urea groups is 1. The number of rotatable bonds is 7. The van der Waals surface area contributed by atoms with Crippen molar-refractivity contribution in [1.82, 2.24) is 15.4 Å². The van der Waals surface area contributed by atoms with Crippen LogP contribution < -0.4 is 15.4 Å². The van der Waals surface area contributed by atoms with Crippen LogP contribution in [0.25, 0.3) is 0 Å². The first-order chi connectivity index (χ1) is 9.79. The van der Waals surface area contributed by atoms with Gasteiger partial charge in [-0.15, -0.1) is 0 Å². The fourth-order valence-electron chi connectivity index (χ4n) is 1.70. The fourth-order valence-corrected chi connectivity index (χ4v) is 2.51. The van der Waals surface area contributed by atoms with Crippen LogP contribution >= 0.6 is 11.6 Å². The van der Waals surface area contributed by atoms with Crippen LogP contribution in [0.4, 0.5) is 4.79 Å². The molecule has 2 amide bonds. The Morgan fingerprint density at radius 1 is 1.29 bits per heavy atom. The third kappa shape index (κ3) is 7.31. The normalized spacial score (nSPS) is 12.7. The molecule has 0 fully saturated rings. The molecule has 0 saturated carbocycles. The lowest BCUT2D eigenvalue weighted by Gasteiger charge is -2.16. The molecule has 0 bridgehead atoms. The van der Waals surface area contributed by atoms with Gasteiger partial charge in [0.2, 0.25) is 10.0 Å². The van der Waals surface area contributed by atoms with Gasteiger partial charge in [-0.1, -0.05) is 29.8 Å². The first-order valence-electron chi connectivity index (χ1n) is 6.53. The number of hydrogen-bond acceptors (Lipinski definition) is 3. The molecule has 1 aromatic carbocycles. The Labute approximate surface area is 130 Å². The predicted molar refractivity (Wildman–Crippen MR) is 83.9 cm³/mol. The van der Waals surface area contributed by atoms with Crippen molar-refractivity contribution in [2.75, 3.05) is 19.3 Å². The fraction of sp³-hybridized carbons (Fsp3) is 0.462. The molecule has 1 rings (SSSR count). The second kappa shape index (κ2) is 8.21. The van der Waals surface area contributed by atoms with E-state index in [0.717, 1.165) is 11.8 Å². The van der Waals surface area contributed by atoms with Crippen LogP contribution in [0.2, 0.25) is 5.02 Å². The summed E-state index contributed by atoms with van der Waals surface area (Å²) in [5.41, 5.74) is 0.841. The summed E-state index contributed by atoms with van der Waals surface area (Å²) >= 11 is 6.05. The summed E-state index contributed by atoms with van der Waals surface area (Å²) in [4.78, 5) is 11.7. The van der Waals surface area contributed by atoms with Crippen LogP contribution in [-0.4, -0.2) is 33.8 Å². The van der Waals surface area contributed by atoms with E-state index < -0.39 is 10.0 Å². The first-order valence-corrected chi connectivity index (χ1v) is 8.80. The van der Waals surface area contributed by atoms with Gasteiger partial charge in [0.25, 0.3) is 0 Å². The van der Waals surface area contributed by atoms with E-state index in [2.05, 4.69) is 15.4 Å². The lowest BCUT2D eigenvalue weighted by Crippen LogP contribution is -2.38. The van der Waals surface area contributed by atoms with E-state index in [1.807, 2.05) is 25.1 Å². The summed E-state index contributed by atoms with van der Waals surface area (Å²) in [6, 6.07) is 6.77. The molecule has 0 unspecified atom stereocenters. The van der Waals surface area contributed by atoms with E-state index >= 15 is 0 Å². The molecule has 0 aliphatic rings. The monoisotopic (exact) mass is 333 g/mol. The first kappa shape index (κ1) is 17.7. The van der Waals surface area contributed by atoms with Crippen molar-refractivity contribution >= 4 is 27.7 Å². The number of nitrogens with one attached hydrogen (secondary N) is 3. The Hall–Kier alpha value is -1.31. The van der Waals surface area contributed by atoms with Gasteiger partial charge in [-0.05, 0) is 25.0 Å². The van der Waals surface area contributed by atoms with E-state index in [1.54, 1.807) is 6.07 Å². The maximum absolute atomic E-state index is 11.7. The zero-order valence-electron chi connectivity index (χ0n) is 12.0. The largest absolute Gasteiger partial charge is 0.338 e. The van der Waals surface area contributed by atoms with E-state index in [4.69, 9.17) is 11.6 Å². The average Bonchev–Trinajstić information content (AvgIpc) is 2.37. The minimum Gasteiger partial charge on any atom is -0.338 e. The van der Waals surface area contributed by atoms with Crippen molar-refractivity contribution in [3.63, 3.8) is 0 Å². The van der Waals surface area contributed by atoms with Gasteiger partial charge in [0.05, 0.1) is 12.3 Å². The molecule has 0 heterocycles. The Morgan fingerprint density at radius 2 is 1.95 bits per heavy atom. The van der Waals surface area contributed by atoms with E-state index in [9.17, 15) is 13.2 Å². The van der Waals surface area contributed by atoms with Gasteiger partial charge in [0.15, 0.2) is 0 Å². The molecule has 0 aliphatic heterocycles. The molecule has 3 N–H and O–H groups in total. The topological polar surface area (TPSA) is 87.3 Å². The molecular formula is C13H20ClN3O3S. The number of benzene rings is 1. The van der Waals surface area contributed by atoms with E-state index in [-0.39, 0.29) is 12.1 Å². The standard InChI is InChI=1S/C13H20ClN3O3S/c1-10(11-6-3-4-7-12(11)14)17-13(18)15-8-5-9-16-21(2,19)20/h3-4,6-7,10,16H,5,8-9H2,1-2H3,(H2,15,17,18)/t10-/m0/s1. The lowest BCUT2D eigenvalue weighted by atomic mass is 10.1. The van der Waals surface area contributed by atoms with Crippen LogP contribution in [0.5, 0.6) is 0 Å². The van der Waals surface area contributed by atoms with Crippen LogP contribution in [0.1, 0.15) is 24.9 Å². The molecule has 1 atom stereocenters. The summed E-state index contributed by atoms with van der Waals surface area (Å²) < 4.78 is 24.0. The Morgan fingerprint density at radius 3 is 2.57 bits per heavy atom. The van der Waals surface area contributed by atoms with Crippen LogP contribution in [0, 0.1) is 0 Å². The van der Waals surface area contributed by atoms with Crippen LogP contribution in [0.15, 0.2) is 24.3 Å². The third-order valence-electron chi connectivity index (χ3n) is 2.72. The summed E-state index contributed by atoms with van der Waals surface area (Å²) in [5, 5.41) is 6.03. The lowest BCUT2D eigenvalue weighted by molar-refractivity contribution is 0.238. The summed E-state index contributed by atoms with van der Waals surface area (Å²) in [6.07, 6.45) is 1.61. The van der Waals surface area contributed by atoms with Gasteiger partial charge < -0.3 is 10.6 Å². The summed E-state index contributed by atoms with van der Waals surface area (Å²) in [7, 11) is -3.18. The molecule has 0 aromatic heterocycles. The quantitative estimate of drug-likeness (QED) is 0.663. The molecule has 0 aliphatic carbocycles. The maximum atomic E-state index is 11.7. The second-order valence-electron chi connectivity index (χ2n) is 4.66. The Bertz CT molecular complexity index is 578. The highest BCUT2D eigenvalue weighted by molar-refractivity contribution is 7.88. The molecule has 21 heavy (non-hydrogen) atoms. The van der Waals surface area contributed by atoms with E-state index in [0.29, 0.717) is 24.5 Å². The number of carbonyl (C=O) groups is 1. The number of carbonyl (C=O) groups excluding carboxylic acids is 1. The van der Waals surface area contributed by atoms with Gasteiger partial charge >= 0.3 is 6.03 Å². The maximum Gasteiger partial charge on any atom is 0.315 e. The highest BCUT2D eigenvalue weighted by Gasteiger charge is 2.11. The summed E-state index contributed by atoms with van der Waals surface area (Å²) in [6.45, 7) is 2.51. The average molecular weight is 334 g/mol. The zero-order chi connectivity index (χ0) is 15.9. The summed E-state index contributed by atoms with van der Waals surface area (Å²) in [5.74, 6) is 0. The zero-order valence-corrected chi connectivity index (χ0v) is 13.6. The molecule has 0 spiro atoms. The molecule has 8 heteroatoms. The highest BCUT2D eigenvalue weighted by atomic mass is 35.5. The number of halogens is 1. The van der Waals surface area contributed by atoms with Gasteiger partial charge in [-0.3, -0.25) is 0 Å². The Kier molecular flexibility index (Phi) is 6.94. The van der Waals surface area contributed by atoms with Gasteiger partial charge in [0, 0.05) is 18.1 Å². The predicted octanol–water partition coefficient (Wildman–Crippen LogP) is 1.64. The second-order valence-corrected chi connectivity index (χ2v) is 6.90. The van der Waals surface area contributed by atoms with Crippen molar-refractivity contribution in [3.05, 3.63) is 34.9 Å². The highest BCUT2D eigenvalue weighted by Crippen LogP contribution is 2.21. The minimum atomic E-state index is -3.18. The SMILES string of the molecule is C[C@H](NC(=O)NCCCNS(C)(=O)=O)c1ccccc1Cl. The molecule has 0 radical (unpaired) electrons. The van der Waals surface area contributed by atoms with Crippen molar-refractivity contribution < 1.29 is 13.2 Å². The Balaban J connectivity index is 2.29. The van der Waals surface area contributed by atoms with Crippen molar-refractivity contribution in [3.8, 4) is 0 Å². The molecule has 1 aromatic rings. The minimum absolute atomic E-state index is 0.215. The van der Waals surface area contributed by atoms with Gasteiger partial charge in [-0.25, -0.2) is 17.9 Å². The third-order valence-corrected chi connectivity index (χ3v) is 3.80. The molecule has 6 nitrogen and oxygen atoms in total.